The number of hydrogen-bond acceptors (Lipinski definition) is 6. The molecule has 0 unspecified atom stereocenters. The predicted molar refractivity (Wildman–Crippen MR) is 96.1 cm³/mol. The lowest BCUT2D eigenvalue weighted by Crippen LogP contribution is -2.28. The zero-order valence-electron chi connectivity index (χ0n) is 14.6. The third-order valence-corrected chi connectivity index (χ3v) is 4.55. The van der Waals surface area contributed by atoms with Crippen molar-refractivity contribution in [3.63, 3.8) is 0 Å². The molecule has 0 atom stereocenters. The first-order chi connectivity index (χ1) is 12.0. The van der Waals surface area contributed by atoms with E-state index in [1.54, 1.807) is 0 Å². The van der Waals surface area contributed by atoms with Crippen LogP contribution < -0.4 is 5.32 Å². The molecule has 1 amide bonds. The molecule has 25 heavy (non-hydrogen) atoms. The second-order valence-corrected chi connectivity index (χ2v) is 6.70. The maximum absolute atomic E-state index is 11.7. The van der Waals surface area contributed by atoms with E-state index in [0.717, 1.165) is 28.1 Å². The van der Waals surface area contributed by atoms with E-state index in [0.29, 0.717) is 12.3 Å². The average Bonchev–Trinajstić information content (AvgIpc) is 2.91. The summed E-state index contributed by atoms with van der Waals surface area (Å²) in [7, 11) is 0. The maximum Gasteiger partial charge on any atom is 0.316 e. The number of aryl methyl sites for hydroxylation is 3. The monoisotopic (exact) mass is 362 g/mol. The highest BCUT2D eigenvalue weighted by Crippen LogP contribution is 2.19. The lowest BCUT2D eigenvalue weighted by atomic mass is 10.1. The number of nitrogens with zero attached hydrogens (tertiary/aromatic N) is 1. The van der Waals surface area contributed by atoms with Gasteiger partial charge in [-0.3, -0.25) is 9.59 Å². The molecule has 2 rings (SSSR count). The van der Waals surface area contributed by atoms with Crippen LogP contribution >= 0.6 is 11.8 Å². The van der Waals surface area contributed by atoms with Crippen molar-refractivity contribution in [1.29, 1.82) is 0 Å². The summed E-state index contributed by atoms with van der Waals surface area (Å²) in [5, 5.41) is 6.59. The van der Waals surface area contributed by atoms with E-state index in [1.807, 2.05) is 45.0 Å². The van der Waals surface area contributed by atoms with Crippen LogP contribution in [0.3, 0.4) is 0 Å². The summed E-state index contributed by atoms with van der Waals surface area (Å²) in [4.78, 5) is 23.4. The van der Waals surface area contributed by atoms with Crippen LogP contribution in [0.2, 0.25) is 0 Å². The van der Waals surface area contributed by atoms with Gasteiger partial charge in [-0.25, -0.2) is 0 Å². The number of nitrogens with one attached hydrogen (secondary N) is 1. The van der Waals surface area contributed by atoms with Crippen molar-refractivity contribution in [3.05, 3.63) is 52.4 Å². The summed E-state index contributed by atoms with van der Waals surface area (Å²) < 4.78 is 10.0. The molecule has 0 saturated carbocycles. The van der Waals surface area contributed by atoms with Crippen molar-refractivity contribution < 1.29 is 18.8 Å². The summed E-state index contributed by atoms with van der Waals surface area (Å²) >= 11 is 1.40. The normalized spacial score (nSPS) is 10.5. The van der Waals surface area contributed by atoms with Crippen LogP contribution in [0.5, 0.6) is 0 Å². The molecule has 1 N–H and O–H groups in total. The molecule has 0 aliphatic heterocycles. The zero-order chi connectivity index (χ0) is 18.2. The van der Waals surface area contributed by atoms with Gasteiger partial charge in [-0.15, -0.1) is 11.8 Å². The molecule has 1 heterocycles. The standard InChI is InChI=1S/C18H22N2O4S/c1-12-4-6-15(7-5-12)8-19-17(21)9-23-18(22)11-25-10-16-13(2)20-24-14(16)3/h4-7H,8-11H2,1-3H3,(H,19,21). The summed E-state index contributed by atoms with van der Waals surface area (Å²) in [5.41, 5.74) is 3.99. The van der Waals surface area contributed by atoms with E-state index in [1.165, 1.54) is 11.8 Å². The van der Waals surface area contributed by atoms with Gasteiger partial charge in [-0.1, -0.05) is 35.0 Å². The van der Waals surface area contributed by atoms with Crippen LogP contribution in [0.15, 0.2) is 28.8 Å². The number of amides is 1. The van der Waals surface area contributed by atoms with E-state index >= 15 is 0 Å². The third-order valence-electron chi connectivity index (χ3n) is 3.62. The first-order valence-electron chi connectivity index (χ1n) is 7.93. The largest absolute Gasteiger partial charge is 0.455 e. The Kier molecular flexibility index (Phi) is 7.06. The number of hydrogen-bond donors (Lipinski definition) is 1. The Bertz CT molecular complexity index is 706. The van der Waals surface area contributed by atoms with E-state index in [-0.39, 0.29) is 18.3 Å². The van der Waals surface area contributed by atoms with Crippen LogP contribution in [-0.2, 0) is 26.6 Å². The van der Waals surface area contributed by atoms with Crippen LogP contribution in [0, 0.1) is 20.8 Å². The van der Waals surface area contributed by atoms with E-state index in [4.69, 9.17) is 9.26 Å². The lowest BCUT2D eigenvalue weighted by Gasteiger charge is -2.07. The Morgan fingerprint density at radius 3 is 2.56 bits per heavy atom. The van der Waals surface area contributed by atoms with Gasteiger partial charge in [0.15, 0.2) is 6.61 Å². The Morgan fingerprint density at radius 1 is 1.20 bits per heavy atom. The quantitative estimate of drug-likeness (QED) is 0.727. The molecule has 0 fully saturated rings. The number of rotatable bonds is 8. The molecule has 0 radical (unpaired) electrons. The minimum atomic E-state index is -0.415. The number of thioether (sulfide) groups is 1. The zero-order valence-corrected chi connectivity index (χ0v) is 15.4. The van der Waals surface area contributed by atoms with Gasteiger partial charge in [0.1, 0.15) is 5.76 Å². The smallest absolute Gasteiger partial charge is 0.316 e. The van der Waals surface area contributed by atoms with E-state index in [9.17, 15) is 9.59 Å². The first kappa shape index (κ1) is 19.1. The van der Waals surface area contributed by atoms with Crippen LogP contribution in [0.25, 0.3) is 0 Å². The Balaban J connectivity index is 1.62. The van der Waals surface area contributed by atoms with Crippen molar-refractivity contribution in [1.82, 2.24) is 10.5 Å². The molecule has 0 aliphatic carbocycles. The van der Waals surface area contributed by atoms with Gasteiger partial charge in [-0.05, 0) is 26.3 Å². The molecule has 2 aromatic rings. The summed E-state index contributed by atoms with van der Waals surface area (Å²) in [6.07, 6.45) is 0. The minimum Gasteiger partial charge on any atom is -0.455 e. The van der Waals surface area contributed by atoms with Gasteiger partial charge >= 0.3 is 5.97 Å². The highest BCUT2D eigenvalue weighted by molar-refractivity contribution is 7.99. The molecule has 7 heteroatoms. The summed E-state index contributed by atoms with van der Waals surface area (Å²) in [6, 6.07) is 7.87. The highest BCUT2D eigenvalue weighted by atomic mass is 32.2. The van der Waals surface area contributed by atoms with E-state index in [2.05, 4.69) is 10.5 Å². The van der Waals surface area contributed by atoms with Gasteiger partial charge in [0.25, 0.3) is 5.91 Å². The number of carbonyl (C=O) groups is 2. The molecule has 134 valence electrons. The van der Waals surface area contributed by atoms with E-state index < -0.39 is 5.97 Å². The van der Waals surface area contributed by atoms with Gasteiger partial charge < -0.3 is 14.6 Å². The van der Waals surface area contributed by atoms with Crippen molar-refractivity contribution in [2.45, 2.75) is 33.1 Å². The Hall–Kier alpha value is -2.28. The highest BCUT2D eigenvalue weighted by Gasteiger charge is 2.11. The van der Waals surface area contributed by atoms with Crippen LogP contribution in [0.4, 0.5) is 0 Å². The van der Waals surface area contributed by atoms with Crippen molar-refractivity contribution in [3.8, 4) is 0 Å². The van der Waals surface area contributed by atoms with Crippen LogP contribution in [0.1, 0.15) is 28.1 Å². The maximum atomic E-state index is 11.7. The number of benzene rings is 1. The molecule has 0 aliphatic rings. The second-order valence-electron chi connectivity index (χ2n) is 5.72. The molecule has 0 spiro atoms. The van der Waals surface area contributed by atoms with Gasteiger partial charge in [0.2, 0.25) is 0 Å². The van der Waals surface area contributed by atoms with Gasteiger partial charge in [0.05, 0.1) is 11.4 Å². The fourth-order valence-electron chi connectivity index (χ4n) is 2.09. The Morgan fingerprint density at radius 2 is 1.92 bits per heavy atom. The molecular weight excluding hydrogens is 340 g/mol. The molecule has 6 nitrogen and oxygen atoms in total. The molecule has 0 bridgehead atoms. The van der Waals surface area contributed by atoms with Crippen LogP contribution in [-0.4, -0.2) is 29.4 Å². The molecular formula is C18H22N2O4S. The second kappa shape index (κ2) is 9.27. The van der Waals surface area contributed by atoms with Gasteiger partial charge in [0, 0.05) is 17.9 Å². The SMILES string of the molecule is Cc1ccc(CNC(=O)COC(=O)CSCc2c(C)noc2C)cc1. The third kappa shape index (κ3) is 6.26. The van der Waals surface area contributed by atoms with Crippen molar-refractivity contribution in [2.24, 2.45) is 0 Å². The molecule has 0 saturated heterocycles. The minimum absolute atomic E-state index is 0.176. The van der Waals surface area contributed by atoms with Crippen molar-refractivity contribution >= 4 is 23.6 Å². The van der Waals surface area contributed by atoms with Gasteiger partial charge in [-0.2, -0.15) is 0 Å². The average molecular weight is 362 g/mol. The first-order valence-corrected chi connectivity index (χ1v) is 9.08. The topological polar surface area (TPSA) is 81.4 Å². The molecule has 1 aromatic carbocycles. The number of aromatic nitrogens is 1. The number of carbonyl (C=O) groups excluding carboxylic acids is 2. The molecule has 1 aromatic heterocycles. The predicted octanol–water partition coefficient (Wildman–Crippen LogP) is 2.69. The number of ether oxygens (including phenoxy) is 1. The lowest BCUT2D eigenvalue weighted by molar-refractivity contribution is -0.145. The fourth-order valence-corrected chi connectivity index (χ4v) is 3.06. The number of esters is 1. The summed E-state index contributed by atoms with van der Waals surface area (Å²) in [5.74, 6) is 0.825. The van der Waals surface area contributed by atoms with Crippen molar-refractivity contribution in [2.75, 3.05) is 12.4 Å². The fraction of sp³-hybridized carbons (Fsp3) is 0.389. The summed E-state index contributed by atoms with van der Waals surface area (Å²) in [6.45, 7) is 5.86. The Labute approximate surface area is 151 Å².